The van der Waals surface area contributed by atoms with E-state index in [1.54, 1.807) is 6.92 Å². The third kappa shape index (κ3) is 2.99. The van der Waals surface area contributed by atoms with Crippen LogP contribution in [0.4, 0.5) is 5.69 Å². The summed E-state index contributed by atoms with van der Waals surface area (Å²) in [4.78, 5) is 20.4. The van der Waals surface area contributed by atoms with E-state index in [4.69, 9.17) is 10.2 Å². The molecule has 0 spiro atoms. The Morgan fingerprint density at radius 3 is 2.41 bits per heavy atom. The first-order valence-electron chi connectivity index (χ1n) is 4.68. The van der Waals surface area contributed by atoms with E-state index in [0.29, 0.717) is 5.56 Å². The van der Waals surface area contributed by atoms with E-state index in [-0.39, 0.29) is 11.3 Å². The Morgan fingerprint density at radius 2 is 1.94 bits per heavy atom. The number of nitro groups is 1. The molecule has 1 rings (SSSR count). The average molecular weight is 241 g/mol. The van der Waals surface area contributed by atoms with E-state index in [9.17, 15) is 20.0 Å². The van der Waals surface area contributed by atoms with Crippen molar-refractivity contribution in [2.75, 3.05) is 0 Å². The van der Waals surface area contributed by atoms with Gasteiger partial charge in [-0.1, -0.05) is 6.07 Å². The quantitative estimate of drug-likeness (QED) is 0.517. The Morgan fingerprint density at radius 1 is 1.35 bits per heavy atom. The van der Waals surface area contributed by atoms with Crippen molar-refractivity contribution in [3.8, 4) is 0 Å². The summed E-state index contributed by atoms with van der Waals surface area (Å²) < 4.78 is 0. The summed E-state index contributed by atoms with van der Waals surface area (Å²) in [6.07, 6.45) is -3.72. The second-order valence-corrected chi connectivity index (χ2v) is 3.59. The molecule has 0 saturated heterocycles. The van der Waals surface area contributed by atoms with Gasteiger partial charge in [0.1, 0.15) is 6.10 Å². The number of aliphatic carboxylic acids is 1. The number of carbonyl (C=O) groups is 1. The third-order valence-corrected chi connectivity index (χ3v) is 2.19. The molecule has 1 aromatic rings. The highest BCUT2D eigenvalue weighted by atomic mass is 16.6. The Labute approximate surface area is 96.1 Å². The predicted molar refractivity (Wildman–Crippen MR) is 56.4 cm³/mol. The number of aliphatic hydroxyl groups is 2. The molecule has 2 unspecified atom stereocenters. The second-order valence-electron chi connectivity index (χ2n) is 3.59. The Balaban J connectivity index is 3.13. The number of carboxylic acids is 1. The summed E-state index contributed by atoms with van der Waals surface area (Å²) in [7, 11) is 0. The van der Waals surface area contributed by atoms with Crippen LogP contribution in [0.15, 0.2) is 18.2 Å². The fourth-order valence-electron chi connectivity index (χ4n) is 1.39. The number of carboxylic acid groups (broad SMARTS) is 1. The first-order chi connectivity index (χ1) is 7.82. The molecule has 0 bridgehead atoms. The third-order valence-electron chi connectivity index (χ3n) is 2.19. The molecule has 0 fully saturated rings. The maximum Gasteiger partial charge on any atom is 0.335 e. The zero-order valence-corrected chi connectivity index (χ0v) is 8.90. The maximum atomic E-state index is 10.6. The van der Waals surface area contributed by atoms with Crippen LogP contribution in [-0.2, 0) is 4.79 Å². The van der Waals surface area contributed by atoms with E-state index >= 15 is 0 Å². The Hall–Kier alpha value is -1.99. The van der Waals surface area contributed by atoms with Crippen molar-refractivity contribution >= 4 is 11.7 Å². The van der Waals surface area contributed by atoms with Crippen molar-refractivity contribution in [1.29, 1.82) is 0 Å². The topological polar surface area (TPSA) is 121 Å². The smallest absolute Gasteiger partial charge is 0.335 e. The van der Waals surface area contributed by atoms with Crippen LogP contribution in [0.3, 0.4) is 0 Å². The van der Waals surface area contributed by atoms with Gasteiger partial charge in [-0.05, 0) is 18.1 Å². The largest absolute Gasteiger partial charge is 0.479 e. The lowest BCUT2D eigenvalue weighted by molar-refractivity contribution is -0.385. The highest BCUT2D eigenvalue weighted by Crippen LogP contribution is 2.24. The van der Waals surface area contributed by atoms with Crippen molar-refractivity contribution in [3.63, 3.8) is 0 Å². The van der Waals surface area contributed by atoms with Gasteiger partial charge in [0.05, 0.1) is 4.92 Å². The molecule has 0 aromatic heterocycles. The van der Waals surface area contributed by atoms with Crippen LogP contribution in [0.2, 0.25) is 0 Å². The van der Waals surface area contributed by atoms with E-state index in [1.165, 1.54) is 12.1 Å². The number of aryl methyl sites for hydroxylation is 1. The molecule has 7 heteroatoms. The van der Waals surface area contributed by atoms with Crippen LogP contribution in [0, 0.1) is 17.0 Å². The molecule has 0 aliphatic heterocycles. The van der Waals surface area contributed by atoms with Crippen molar-refractivity contribution in [3.05, 3.63) is 39.4 Å². The van der Waals surface area contributed by atoms with E-state index < -0.39 is 23.1 Å². The normalized spacial score (nSPS) is 14.1. The lowest BCUT2D eigenvalue weighted by atomic mass is 10.0. The van der Waals surface area contributed by atoms with Gasteiger partial charge in [-0.25, -0.2) is 4.79 Å². The van der Waals surface area contributed by atoms with E-state index in [0.717, 1.165) is 6.07 Å². The van der Waals surface area contributed by atoms with Gasteiger partial charge < -0.3 is 15.3 Å². The fraction of sp³-hybridized carbons (Fsp3) is 0.300. The van der Waals surface area contributed by atoms with E-state index in [1.807, 2.05) is 0 Å². The molecule has 17 heavy (non-hydrogen) atoms. The molecule has 0 amide bonds. The van der Waals surface area contributed by atoms with Gasteiger partial charge in [0.25, 0.3) is 5.69 Å². The van der Waals surface area contributed by atoms with E-state index in [2.05, 4.69) is 0 Å². The van der Waals surface area contributed by atoms with Crippen LogP contribution in [0.5, 0.6) is 0 Å². The highest BCUT2D eigenvalue weighted by molar-refractivity contribution is 5.73. The van der Waals surface area contributed by atoms with Gasteiger partial charge in [-0.3, -0.25) is 10.1 Å². The van der Waals surface area contributed by atoms with Crippen LogP contribution in [0.1, 0.15) is 17.2 Å². The van der Waals surface area contributed by atoms with Gasteiger partial charge >= 0.3 is 5.97 Å². The molecule has 0 heterocycles. The van der Waals surface area contributed by atoms with Crippen LogP contribution in [-0.4, -0.2) is 32.3 Å². The lowest BCUT2D eigenvalue weighted by Gasteiger charge is -2.14. The van der Waals surface area contributed by atoms with Crippen molar-refractivity contribution in [2.45, 2.75) is 19.1 Å². The van der Waals surface area contributed by atoms with Crippen LogP contribution in [0.25, 0.3) is 0 Å². The number of nitro benzene ring substituents is 1. The SMILES string of the molecule is Cc1cc(C(O)C(O)C(=O)O)cc([N+](=O)[O-])c1. The highest BCUT2D eigenvalue weighted by Gasteiger charge is 2.26. The van der Waals surface area contributed by atoms with Gasteiger partial charge in [-0.2, -0.15) is 0 Å². The number of hydrogen-bond donors (Lipinski definition) is 3. The summed E-state index contributed by atoms with van der Waals surface area (Å²) >= 11 is 0. The minimum atomic E-state index is -2.02. The number of aliphatic hydroxyl groups excluding tert-OH is 2. The summed E-state index contributed by atoms with van der Waals surface area (Å²) in [5.74, 6) is -1.60. The van der Waals surface area contributed by atoms with Crippen molar-refractivity contribution < 1.29 is 25.0 Å². The minimum Gasteiger partial charge on any atom is -0.479 e. The average Bonchev–Trinajstić information content (AvgIpc) is 2.25. The first-order valence-corrected chi connectivity index (χ1v) is 4.68. The second kappa shape index (κ2) is 4.89. The Bertz CT molecular complexity index is 458. The van der Waals surface area contributed by atoms with Gasteiger partial charge in [-0.15, -0.1) is 0 Å². The van der Waals surface area contributed by atoms with Gasteiger partial charge in [0.15, 0.2) is 6.10 Å². The number of non-ortho nitro benzene ring substituents is 1. The summed E-state index contributed by atoms with van der Waals surface area (Å²) in [6, 6.07) is 3.69. The summed E-state index contributed by atoms with van der Waals surface area (Å²) in [6.45, 7) is 1.57. The molecule has 0 aliphatic carbocycles. The molecule has 0 radical (unpaired) electrons. The molecule has 1 aromatic carbocycles. The molecule has 2 atom stereocenters. The van der Waals surface area contributed by atoms with Gasteiger partial charge in [0.2, 0.25) is 0 Å². The van der Waals surface area contributed by atoms with Crippen molar-refractivity contribution in [1.82, 2.24) is 0 Å². The zero-order valence-electron chi connectivity index (χ0n) is 8.90. The predicted octanol–water partition coefficient (Wildman–Crippen LogP) is 0.382. The number of hydrogen-bond acceptors (Lipinski definition) is 5. The zero-order chi connectivity index (χ0) is 13.2. The number of benzene rings is 1. The fourth-order valence-corrected chi connectivity index (χ4v) is 1.39. The maximum absolute atomic E-state index is 10.6. The lowest BCUT2D eigenvalue weighted by Crippen LogP contribution is -2.27. The standard InChI is InChI=1S/C10H11NO6/c1-5-2-6(4-7(3-5)11(16)17)8(12)9(13)10(14)15/h2-4,8-9,12-13H,1H3,(H,14,15). The molecule has 3 N–H and O–H groups in total. The van der Waals surface area contributed by atoms with Crippen LogP contribution < -0.4 is 0 Å². The molecular formula is C10H11NO6. The monoisotopic (exact) mass is 241 g/mol. The summed E-state index contributed by atoms with van der Waals surface area (Å²) in [5.41, 5.74) is 0.217. The number of rotatable bonds is 4. The first kappa shape index (κ1) is 13.1. The van der Waals surface area contributed by atoms with Gasteiger partial charge in [0, 0.05) is 12.1 Å². The summed E-state index contributed by atoms with van der Waals surface area (Å²) in [5, 5.41) is 37.8. The molecule has 92 valence electrons. The minimum absolute atomic E-state index is 0.00778. The Kier molecular flexibility index (Phi) is 3.77. The van der Waals surface area contributed by atoms with Crippen molar-refractivity contribution in [2.24, 2.45) is 0 Å². The molecular weight excluding hydrogens is 230 g/mol. The molecule has 7 nitrogen and oxygen atoms in total. The molecule has 0 aliphatic rings. The molecule has 0 saturated carbocycles. The van der Waals surface area contributed by atoms with Crippen LogP contribution >= 0.6 is 0 Å². The number of nitrogens with zero attached hydrogens (tertiary/aromatic N) is 1.